The summed E-state index contributed by atoms with van der Waals surface area (Å²) in [4.78, 5) is 14.9. The maximum absolute atomic E-state index is 12.8. The Bertz CT molecular complexity index is 1270. The van der Waals surface area contributed by atoms with E-state index >= 15 is 0 Å². The van der Waals surface area contributed by atoms with E-state index in [0.717, 1.165) is 17.1 Å². The fourth-order valence-electron chi connectivity index (χ4n) is 3.90. The van der Waals surface area contributed by atoms with Crippen LogP contribution >= 0.6 is 11.8 Å². The zero-order chi connectivity index (χ0) is 24.8. The lowest BCUT2D eigenvalue weighted by Crippen LogP contribution is -2.35. The SMILES string of the molecule is Cc1ccc(-n2c(SCC(=O)NCC(c3ccccc3)N(C)C)nnc2-c2ccccc2)cc1C. The molecule has 1 amide bonds. The molecule has 0 saturated heterocycles. The summed E-state index contributed by atoms with van der Waals surface area (Å²) < 4.78 is 2.03. The molecule has 0 aliphatic carbocycles. The number of aromatic nitrogens is 3. The minimum Gasteiger partial charge on any atom is -0.353 e. The molecule has 1 unspecified atom stereocenters. The molecule has 3 aromatic carbocycles. The highest BCUT2D eigenvalue weighted by Crippen LogP contribution is 2.29. The molecule has 1 atom stereocenters. The monoisotopic (exact) mass is 485 g/mol. The Labute approximate surface area is 211 Å². The molecule has 4 rings (SSSR count). The van der Waals surface area contributed by atoms with Crippen LogP contribution in [0.25, 0.3) is 17.1 Å². The molecule has 0 bridgehead atoms. The van der Waals surface area contributed by atoms with Gasteiger partial charge >= 0.3 is 0 Å². The van der Waals surface area contributed by atoms with Gasteiger partial charge in [-0.1, -0.05) is 78.5 Å². The number of aryl methyl sites for hydroxylation is 2. The predicted molar refractivity (Wildman–Crippen MR) is 143 cm³/mol. The van der Waals surface area contributed by atoms with Crippen LogP contribution in [0.4, 0.5) is 0 Å². The molecule has 1 heterocycles. The molecule has 0 aliphatic rings. The van der Waals surface area contributed by atoms with Gasteiger partial charge in [-0.25, -0.2) is 0 Å². The molecule has 0 spiro atoms. The Morgan fingerprint density at radius 3 is 2.29 bits per heavy atom. The van der Waals surface area contributed by atoms with Gasteiger partial charge in [-0.15, -0.1) is 10.2 Å². The number of benzene rings is 3. The van der Waals surface area contributed by atoms with Gasteiger partial charge in [0.05, 0.1) is 17.5 Å². The first-order valence-corrected chi connectivity index (χ1v) is 12.6. The molecule has 1 N–H and O–H groups in total. The van der Waals surface area contributed by atoms with Crippen LogP contribution in [0.15, 0.2) is 84.0 Å². The first-order chi connectivity index (χ1) is 16.9. The van der Waals surface area contributed by atoms with E-state index in [4.69, 9.17) is 0 Å². The van der Waals surface area contributed by atoms with Crippen molar-refractivity contribution < 1.29 is 4.79 Å². The lowest BCUT2D eigenvalue weighted by Gasteiger charge is -2.25. The number of thioether (sulfide) groups is 1. The minimum atomic E-state index is -0.0336. The standard InChI is InChI=1S/C28H31N5OS/c1-20-15-16-24(17-21(20)2)33-27(23-13-9-6-10-14-23)30-31-28(33)35-19-26(34)29-18-25(32(3)4)22-11-7-5-8-12-22/h5-17,25H,18-19H2,1-4H3,(H,29,34). The summed E-state index contributed by atoms with van der Waals surface area (Å²) in [7, 11) is 4.05. The zero-order valence-corrected chi connectivity index (χ0v) is 21.4. The van der Waals surface area contributed by atoms with Crippen molar-refractivity contribution in [3.05, 3.63) is 95.6 Å². The van der Waals surface area contributed by atoms with Crippen molar-refractivity contribution >= 4 is 17.7 Å². The highest BCUT2D eigenvalue weighted by atomic mass is 32.2. The summed E-state index contributed by atoms with van der Waals surface area (Å²) in [6.45, 7) is 4.73. The summed E-state index contributed by atoms with van der Waals surface area (Å²) in [5.41, 5.74) is 5.56. The molecular formula is C28H31N5OS. The van der Waals surface area contributed by atoms with Crippen LogP contribution in [-0.4, -0.2) is 52.0 Å². The predicted octanol–water partition coefficient (Wildman–Crippen LogP) is 5.06. The number of hydrogen-bond donors (Lipinski definition) is 1. The Hall–Kier alpha value is -3.42. The first-order valence-electron chi connectivity index (χ1n) is 11.6. The van der Waals surface area contributed by atoms with Crippen molar-refractivity contribution in [1.82, 2.24) is 25.0 Å². The Morgan fingerprint density at radius 1 is 0.943 bits per heavy atom. The fourth-order valence-corrected chi connectivity index (χ4v) is 4.68. The molecule has 0 aliphatic heterocycles. The summed E-state index contributed by atoms with van der Waals surface area (Å²) in [6.07, 6.45) is 0. The van der Waals surface area contributed by atoms with Crippen molar-refractivity contribution in [2.75, 3.05) is 26.4 Å². The third-order valence-electron chi connectivity index (χ3n) is 6.05. The van der Waals surface area contributed by atoms with E-state index in [9.17, 15) is 4.79 Å². The molecule has 1 aromatic heterocycles. The highest BCUT2D eigenvalue weighted by Gasteiger charge is 2.19. The lowest BCUT2D eigenvalue weighted by molar-refractivity contribution is -0.118. The number of amides is 1. The van der Waals surface area contributed by atoms with Gasteiger partial charge in [0, 0.05) is 12.1 Å². The number of rotatable bonds is 9. The Morgan fingerprint density at radius 2 is 1.63 bits per heavy atom. The van der Waals surface area contributed by atoms with Crippen LogP contribution in [-0.2, 0) is 4.79 Å². The van der Waals surface area contributed by atoms with E-state index < -0.39 is 0 Å². The molecule has 0 fully saturated rings. The van der Waals surface area contributed by atoms with Crippen molar-refractivity contribution in [3.63, 3.8) is 0 Å². The molecule has 180 valence electrons. The van der Waals surface area contributed by atoms with Crippen molar-refractivity contribution in [1.29, 1.82) is 0 Å². The summed E-state index contributed by atoms with van der Waals surface area (Å²) in [6, 6.07) is 26.6. The second-order valence-corrected chi connectivity index (χ2v) is 9.70. The topological polar surface area (TPSA) is 63.1 Å². The summed E-state index contributed by atoms with van der Waals surface area (Å²) in [5, 5.41) is 12.7. The van der Waals surface area contributed by atoms with Gasteiger partial charge in [-0.3, -0.25) is 9.36 Å². The van der Waals surface area contributed by atoms with Crippen LogP contribution < -0.4 is 5.32 Å². The number of likely N-dealkylation sites (N-methyl/N-ethyl adjacent to an activating group) is 1. The van der Waals surface area contributed by atoms with Gasteiger partial charge in [0.1, 0.15) is 0 Å². The van der Waals surface area contributed by atoms with E-state index in [1.165, 1.54) is 28.5 Å². The zero-order valence-electron chi connectivity index (χ0n) is 20.6. The molecule has 0 saturated carbocycles. The van der Waals surface area contributed by atoms with Gasteiger partial charge < -0.3 is 10.2 Å². The Kier molecular flexibility index (Phi) is 8.00. The molecule has 0 radical (unpaired) electrons. The largest absolute Gasteiger partial charge is 0.353 e. The van der Waals surface area contributed by atoms with Crippen molar-refractivity contribution in [2.24, 2.45) is 0 Å². The average Bonchev–Trinajstić information content (AvgIpc) is 3.29. The van der Waals surface area contributed by atoms with Crippen LogP contribution in [0.5, 0.6) is 0 Å². The van der Waals surface area contributed by atoms with E-state index in [-0.39, 0.29) is 17.7 Å². The van der Waals surface area contributed by atoms with Gasteiger partial charge in [-0.05, 0) is 56.8 Å². The smallest absolute Gasteiger partial charge is 0.230 e. The minimum absolute atomic E-state index is 0.0336. The van der Waals surface area contributed by atoms with Gasteiger partial charge in [0.2, 0.25) is 5.91 Å². The van der Waals surface area contributed by atoms with Crippen LogP contribution in [0.1, 0.15) is 22.7 Å². The van der Waals surface area contributed by atoms with Gasteiger partial charge in [0.25, 0.3) is 0 Å². The van der Waals surface area contributed by atoms with Crippen LogP contribution in [0, 0.1) is 13.8 Å². The van der Waals surface area contributed by atoms with Crippen LogP contribution in [0.2, 0.25) is 0 Å². The quantitative estimate of drug-likeness (QED) is 0.336. The fraction of sp³-hybridized carbons (Fsp3) is 0.250. The van der Waals surface area contributed by atoms with Gasteiger partial charge in [-0.2, -0.15) is 0 Å². The molecular weight excluding hydrogens is 454 g/mol. The highest BCUT2D eigenvalue weighted by molar-refractivity contribution is 7.99. The second-order valence-electron chi connectivity index (χ2n) is 8.76. The first kappa shape index (κ1) is 24.7. The third-order valence-corrected chi connectivity index (χ3v) is 6.98. The van der Waals surface area contributed by atoms with E-state index in [0.29, 0.717) is 11.7 Å². The molecule has 7 heteroatoms. The molecule has 6 nitrogen and oxygen atoms in total. The maximum Gasteiger partial charge on any atom is 0.230 e. The van der Waals surface area contributed by atoms with E-state index in [2.05, 4.69) is 64.6 Å². The number of nitrogens with one attached hydrogen (secondary N) is 1. The summed E-state index contributed by atoms with van der Waals surface area (Å²) in [5.74, 6) is 0.981. The number of hydrogen-bond acceptors (Lipinski definition) is 5. The molecule has 4 aromatic rings. The van der Waals surface area contributed by atoms with E-state index in [1.807, 2.05) is 67.2 Å². The van der Waals surface area contributed by atoms with Gasteiger partial charge in [0.15, 0.2) is 11.0 Å². The normalized spacial score (nSPS) is 12.0. The van der Waals surface area contributed by atoms with Crippen LogP contribution in [0.3, 0.4) is 0 Å². The number of nitrogens with zero attached hydrogens (tertiary/aromatic N) is 4. The molecule has 35 heavy (non-hydrogen) atoms. The number of carbonyl (C=O) groups excluding carboxylic acids is 1. The number of carbonyl (C=O) groups is 1. The van der Waals surface area contributed by atoms with Crippen molar-refractivity contribution in [2.45, 2.75) is 25.0 Å². The third kappa shape index (κ3) is 5.99. The maximum atomic E-state index is 12.8. The second kappa shape index (κ2) is 11.3. The lowest BCUT2D eigenvalue weighted by atomic mass is 10.1. The van der Waals surface area contributed by atoms with Crippen molar-refractivity contribution in [3.8, 4) is 17.1 Å². The Balaban J connectivity index is 1.51. The average molecular weight is 486 g/mol. The summed E-state index contributed by atoms with van der Waals surface area (Å²) >= 11 is 1.40. The van der Waals surface area contributed by atoms with E-state index in [1.54, 1.807) is 0 Å².